The molecule has 3 heterocycles. The molecule has 1 atom stereocenters. The van der Waals surface area contributed by atoms with E-state index in [1.807, 2.05) is 12.4 Å². The van der Waals surface area contributed by atoms with E-state index >= 15 is 0 Å². The zero-order chi connectivity index (χ0) is 10.8. The number of ether oxygens (including phenoxy) is 1. The van der Waals surface area contributed by atoms with E-state index in [0.29, 0.717) is 0 Å². The van der Waals surface area contributed by atoms with Crippen molar-refractivity contribution in [1.82, 2.24) is 10.3 Å². The first-order valence-corrected chi connectivity index (χ1v) is 6.11. The first-order chi connectivity index (χ1) is 7.92. The predicted octanol–water partition coefficient (Wildman–Crippen LogP) is 1.35. The molecule has 16 heavy (non-hydrogen) atoms. The molecule has 0 bridgehead atoms. The van der Waals surface area contributed by atoms with Gasteiger partial charge in [0.2, 0.25) is 0 Å². The lowest BCUT2D eigenvalue weighted by Gasteiger charge is -2.49. The molecule has 2 saturated heterocycles. The molecule has 1 aromatic rings. The third-order valence-corrected chi connectivity index (χ3v) is 4.05. The molecule has 2 aliphatic heterocycles. The summed E-state index contributed by atoms with van der Waals surface area (Å²) in [7, 11) is 0. The lowest BCUT2D eigenvalue weighted by molar-refractivity contribution is -0.0948. The van der Waals surface area contributed by atoms with Crippen LogP contribution in [0.2, 0.25) is 0 Å². The number of aromatic nitrogens is 1. The van der Waals surface area contributed by atoms with Crippen molar-refractivity contribution in [3.8, 4) is 0 Å². The molecule has 3 rings (SSSR count). The Morgan fingerprint density at radius 2 is 2.12 bits per heavy atom. The van der Waals surface area contributed by atoms with Gasteiger partial charge in [0.15, 0.2) is 0 Å². The van der Waals surface area contributed by atoms with Gasteiger partial charge >= 0.3 is 0 Å². The molecule has 86 valence electrons. The SMILES string of the molecule is c1cc(C2(C3CCCNC3)COC2)ccn1. The van der Waals surface area contributed by atoms with Crippen molar-refractivity contribution < 1.29 is 4.74 Å². The number of hydrogen-bond donors (Lipinski definition) is 1. The van der Waals surface area contributed by atoms with E-state index in [9.17, 15) is 0 Å². The average Bonchev–Trinajstić information content (AvgIpc) is 2.31. The van der Waals surface area contributed by atoms with Crippen molar-refractivity contribution in [3.05, 3.63) is 30.1 Å². The third-order valence-electron chi connectivity index (χ3n) is 4.05. The van der Waals surface area contributed by atoms with Crippen LogP contribution in [0.15, 0.2) is 24.5 Å². The van der Waals surface area contributed by atoms with Gasteiger partial charge in [-0.25, -0.2) is 0 Å². The highest BCUT2D eigenvalue weighted by Gasteiger charge is 2.46. The molecule has 0 spiro atoms. The van der Waals surface area contributed by atoms with Crippen molar-refractivity contribution in [1.29, 1.82) is 0 Å². The summed E-state index contributed by atoms with van der Waals surface area (Å²) in [5.74, 6) is 0.720. The molecule has 0 aromatic carbocycles. The largest absolute Gasteiger partial charge is 0.379 e. The average molecular weight is 218 g/mol. The molecule has 0 aliphatic carbocycles. The molecule has 0 saturated carbocycles. The van der Waals surface area contributed by atoms with Crippen LogP contribution in [0.25, 0.3) is 0 Å². The zero-order valence-corrected chi connectivity index (χ0v) is 9.48. The quantitative estimate of drug-likeness (QED) is 0.813. The van der Waals surface area contributed by atoms with Crippen LogP contribution in [-0.2, 0) is 10.2 Å². The predicted molar refractivity (Wildman–Crippen MR) is 62.3 cm³/mol. The fourth-order valence-electron chi connectivity index (χ4n) is 2.97. The van der Waals surface area contributed by atoms with Gasteiger partial charge in [0.25, 0.3) is 0 Å². The summed E-state index contributed by atoms with van der Waals surface area (Å²) in [6, 6.07) is 4.30. The second-order valence-corrected chi connectivity index (χ2v) is 4.93. The summed E-state index contributed by atoms with van der Waals surface area (Å²) in [6.45, 7) is 4.06. The number of nitrogens with one attached hydrogen (secondary N) is 1. The fraction of sp³-hybridized carbons (Fsp3) is 0.615. The zero-order valence-electron chi connectivity index (χ0n) is 9.48. The monoisotopic (exact) mass is 218 g/mol. The van der Waals surface area contributed by atoms with Crippen molar-refractivity contribution in [2.45, 2.75) is 18.3 Å². The summed E-state index contributed by atoms with van der Waals surface area (Å²) < 4.78 is 5.50. The van der Waals surface area contributed by atoms with Gasteiger partial charge in [0.1, 0.15) is 0 Å². The highest BCUT2D eigenvalue weighted by molar-refractivity contribution is 5.27. The lowest BCUT2D eigenvalue weighted by Crippen LogP contribution is -2.56. The molecular formula is C13H18N2O. The van der Waals surface area contributed by atoms with Crippen LogP contribution in [0.3, 0.4) is 0 Å². The molecule has 3 heteroatoms. The minimum absolute atomic E-state index is 0.260. The van der Waals surface area contributed by atoms with Crippen LogP contribution in [0.4, 0.5) is 0 Å². The fourth-order valence-corrected chi connectivity index (χ4v) is 2.97. The van der Waals surface area contributed by atoms with Crippen LogP contribution in [-0.4, -0.2) is 31.3 Å². The smallest absolute Gasteiger partial charge is 0.0588 e. The van der Waals surface area contributed by atoms with Crippen LogP contribution in [0.5, 0.6) is 0 Å². The minimum Gasteiger partial charge on any atom is -0.379 e. The maximum Gasteiger partial charge on any atom is 0.0588 e. The van der Waals surface area contributed by atoms with Crippen molar-refractivity contribution in [2.75, 3.05) is 26.3 Å². The normalized spacial score (nSPS) is 28.4. The molecule has 0 radical (unpaired) electrons. The Morgan fingerprint density at radius 1 is 1.31 bits per heavy atom. The van der Waals surface area contributed by atoms with Gasteiger partial charge in [-0.3, -0.25) is 4.98 Å². The van der Waals surface area contributed by atoms with Crippen LogP contribution >= 0.6 is 0 Å². The summed E-state index contributed by atoms with van der Waals surface area (Å²) >= 11 is 0. The number of pyridine rings is 1. The highest BCUT2D eigenvalue weighted by Crippen LogP contribution is 2.41. The van der Waals surface area contributed by atoms with Gasteiger partial charge in [-0.2, -0.15) is 0 Å². The van der Waals surface area contributed by atoms with E-state index in [1.54, 1.807) is 0 Å². The van der Waals surface area contributed by atoms with E-state index in [-0.39, 0.29) is 5.41 Å². The van der Waals surface area contributed by atoms with Gasteiger partial charge in [-0.1, -0.05) is 0 Å². The molecule has 2 fully saturated rings. The van der Waals surface area contributed by atoms with Crippen molar-refractivity contribution >= 4 is 0 Å². The van der Waals surface area contributed by atoms with E-state index in [0.717, 1.165) is 25.7 Å². The first kappa shape index (κ1) is 10.2. The Labute approximate surface area is 96.2 Å². The van der Waals surface area contributed by atoms with E-state index in [4.69, 9.17) is 4.74 Å². The molecule has 1 unspecified atom stereocenters. The molecule has 1 N–H and O–H groups in total. The van der Waals surface area contributed by atoms with Gasteiger partial charge in [0, 0.05) is 17.8 Å². The molecule has 0 amide bonds. The number of rotatable bonds is 2. The Balaban J connectivity index is 1.87. The van der Waals surface area contributed by atoms with E-state index in [2.05, 4.69) is 22.4 Å². The van der Waals surface area contributed by atoms with Crippen LogP contribution in [0.1, 0.15) is 18.4 Å². The van der Waals surface area contributed by atoms with Gasteiger partial charge in [-0.05, 0) is 49.5 Å². The summed E-state index contributed by atoms with van der Waals surface area (Å²) in [5, 5.41) is 3.51. The molecule has 2 aliphatic rings. The highest BCUT2D eigenvalue weighted by atomic mass is 16.5. The Hall–Kier alpha value is -0.930. The Bertz CT molecular complexity index is 342. The van der Waals surface area contributed by atoms with E-state index < -0.39 is 0 Å². The van der Waals surface area contributed by atoms with Crippen molar-refractivity contribution in [3.63, 3.8) is 0 Å². The van der Waals surface area contributed by atoms with E-state index in [1.165, 1.54) is 24.9 Å². The summed E-state index contributed by atoms with van der Waals surface area (Å²) in [4.78, 5) is 4.11. The summed E-state index contributed by atoms with van der Waals surface area (Å²) in [6.07, 6.45) is 6.40. The molecule has 1 aromatic heterocycles. The maximum absolute atomic E-state index is 5.50. The maximum atomic E-state index is 5.50. The number of hydrogen-bond acceptors (Lipinski definition) is 3. The van der Waals surface area contributed by atoms with Gasteiger partial charge in [0.05, 0.1) is 13.2 Å². The van der Waals surface area contributed by atoms with Crippen molar-refractivity contribution in [2.24, 2.45) is 5.92 Å². The lowest BCUT2D eigenvalue weighted by atomic mass is 9.66. The standard InChI is InChI=1S/C13H18N2O/c1-2-12(8-15-5-1)13(9-16-10-13)11-3-6-14-7-4-11/h3-4,6-7,12,15H,1-2,5,8-10H2. The second-order valence-electron chi connectivity index (χ2n) is 4.93. The number of nitrogens with zero attached hydrogens (tertiary/aromatic N) is 1. The molecule has 3 nitrogen and oxygen atoms in total. The van der Waals surface area contributed by atoms with Gasteiger partial charge in [-0.15, -0.1) is 0 Å². The topological polar surface area (TPSA) is 34.1 Å². The minimum atomic E-state index is 0.260. The third kappa shape index (κ3) is 1.55. The van der Waals surface area contributed by atoms with Crippen LogP contribution in [0, 0.1) is 5.92 Å². The Kier molecular flexibility index (Phi) is 2.65. The summed E-state index contributed by atoms with van der Waals surface area (Å²) in [5.41, 5.74) is 1.67. The van der Waals surface area contributed by atoms with Crippen LogP contribution < -0.4 is 5.32 Å². The first-order valence-electron chi connectivity index (χ1n) is 6.11. The second kappa shape index (κ2) is 4.15. The molecular weight excluding hydrogens is 200 g/mol. The Morgan fingerprint density at radius 3 is 2.69 bits per heavy atom. The number of piperidine rings is 1. The van der Waals surface area contributed by atoms with Gasteiger partial charge < -0.3 is 10.1 Å².